The number of carboxylic acids is 1. The first-order valence-corrected chi connectivity index (χ1v) is 14.6. The van der Waals surface area contributed by atoms with E-state index in [1.54, 1.807) is 12.1 Å². The lowest BCUT2D eigenvalue weighted by Gasteiger charge is -2.26. The number of rotatable bonds is 7. The highest BCUT2D eigenvalue weighted by atomic mass is 16.6. The van der Waals surface area contributed by atoms with Gasteiger partial charge in [-0.25, -0.2) is 9.59 Å². The van der Waals surface area contributed by atoms with Crippen molar-refractivity contribution in [2.24, 2.45) is 5.92 Å². The van der Waals surface area contributed by atoms with Crippen molar-refractivity contribution < 1.29 is 34.1 Å². The van der Waals surface area contributed by atoms with Crippen molar-refractivity contribution in [3.63, 3.8) is 0 Å². The molecule has 1 fully saturated rings. The Morgan fingerprint density at radius 1 is 0.907 bits per heavy atom. The van der Waals surface area contributed by atoms with Gasteiger partial charge in [-0.05, 0) is 86.7 Å². The van der Waals surface area contributed by atoms with Gasteiger partial charge in [0.2, 0.25) is 0 Å². The Balaban J connectivity index is 0.000000273. The van der Waals surface area contributed by atoms with Gasteiger partial charge in [0.25, 0.3) is 0 Å². The monoisotopic (exact) mass is 588 g/mol. The number of nitrogens with one attached hydrogen (secondary N) is 2. The van der Waals surface area contributed by atoms with Crippen LogP contribution in [0.3, 0.4) is 0 Å². The van der Waals surface area contributed by atoms with E-state index in [4.69, 9.17) is 9.47 Å². The van der Waals surface area contributed by atoms with Crippen LogP contribution in [0.25, 0.3) is 11.1 Å². The molecule has 0 radical (unpaired) electrons. The number of carbonyl (C=O) groups excluding carboxylic acids is 2. The zero-order valence-electron chi connectivity index (χ0n) is 24.8. The number of fused-ring (bicyclic) bond motifs is 3. The van der Waals surface area contributed by atoms with Crippen molar-refractivity contribution in [1.29, 1.82) is 0 Å². The van der Waals surface area contributed by atoms with Crippen LogP contribution in [0, 0.1) is 5.92 Å². The lowest BCUT2D eigenvalue weighted by atomic mass is 9.98. The van der Waals surface area contributed by atoms with Gasteiger partial charge in [-0.3, -0.25) is 4.79 Å². The number of hydrogen-bond donors (Lipinski definition) is 4. The number of aromatic hydroxyl groups is 1. The van der Waals surface area contributed by atoms with Crippen LogP contribution in [0.15, 0.2) is 72.8 Å². The van der Waals surface area contributed by atoms with E-state index in [2.05, 4.69) is 10.6 Å². The molecule has 9 heteroatoms. The number of carbonyl (C=O) groups is 3. The number of esters is 1. The summed E-state index contributed by atoms with van der Waals surface area (Å²) in [6.07, 6.45) is 1.13. The largest absolute Gasteiger partial charge is 0.508 e. The molecule has 2 aliphatic rings. The predicted molar refractivity (Wildman–Crippen MR) is 163 cm³/mol. The zero-order valence-corrected chi connectivity index (χ0v) is 24.8. The van der Waals surface area contributed by atoms with Crippen LogP contribution in [0.2, 0.25) is 0 Å². The van der Waals surface area contributed by atoms with E-state index in [1.807, 2.05) is 69.3 Å². The smallest absolute Gasteiger partial charge is 0.407 e. The highest BCUT2D eigenvalue weighted by molar-refractivity contribution is 5.81. The van der Waals surface area contributed by atoms with Gasteiger partial charge in [0.1, 0.15) is 24.0 Å². The maximum absolute atomic E-state index is 12.3. The molecule has 1 saturated heterocycles. The number of phenols is 1. The maximum Gasteiger partial charge on any atom is 0.407 e. The van der Waals surface area contributed by atoms with Crippen LogP contribution in [-0.4, -0.2) is 59.6 Å². The number of hydrogen-bond acceptors (Lipinski definition) is 7. The summed E-state index contributed by atoms with van der Waals surface area (Å²) in [6.45, 7) is 7.71. The number of piperidine rings is 1. The first-order valence-electron chi connectivity index (χ1n) is 14.6. The first-order chi connectivity index (χ1) is 20.5. The van der Waals surface area contributed by atoms with Gasteiger partial charge in [0.05, 0.1) is 5.92 Å². The van der Waals surface area contributed by atoms with Crippen LogP contribution < -0.4 is 10.6 Å². The molecular formula is C34H40N2O7. The number of amides is 1. The Bertz CT molecular complexity index is 1360. The Kier molecular flexibility index (Phi) is 10.4. The van der Waals surface area contributed by atoms with Gasteiger partial charge >= 0.3 is 18.0 Å². The highest BCUT2D eigenvalue weighted by Gasteiger charge is 2.30. The van der Waals surface area contributed by atoms with Gasteiger partial charge in [-0.2, -0.15) is 0 Å². The average molecular weight is 589 g/mol. The lowest BCUT2D eigenvalue weighted by Crippen LogP contribution is -2.42. The van der Waals surface area contributed by atoms with Gasteiger partial charge in [-0.15, -0.1) is 0 Å². The predicted octanol–water partition coefficient (Wildman–Crippen LogP) is 5.25. The summed E-state index contributed by atoms with van der Waals surface area (Å²) in [7, 11) is 0. The Morgan fingerprint density at radius 2 is 1.47 bits per heavy atom. The standard InChI is InChI=1S/C24H21NO5.C10H19NO2/c26-16-11-9-15(10-12-16)13-22(23(27)28)25-24(29)30-14-21-19-7-3-1-5-17(19)18-6-2-4-8-20(18)21;1-10(2,3)13-9(12)8-4-6-11-7-5-8/h1-12,21-22,26H,13-14H2,(H,25,29)(H,27,28);8,11H,4-7H2,1-3H3/t22-;/m0./s1. The third kappa shape index (κ3) is 8.81. The van der Waals surface area contributed by atoms with Crippen molar-refractivity contribution >= 4 is 18.0 Å². The fraction of sp³-hybridized carbons (Fsp3) is 0.382. The van der Waals surface area contributed by atoms with E-state index in [-0.39, 0.29) is 42.2 Å². The van der Waals surface area contributed by atoms with Crippen molar-refractivity contribution in [2.45, 2.75) is 57.6 Å². The molecule has 1 heterocycles. The molecule has 0 unspecified atom stereocenters. The number of carboxylic acid groups (broad SMARTS) is 1. The number of phenolic OH excluding ortho intramolecular Hbond substituents is 1. The van der Waals surface area contributed by atoms with E-state index in [1.165, 1.54) is 12.1 Å². The molecule has 9 nitrogen and oxygen atoms in total. The van der Waals surface area contributed by atoms with Crippen LogP contribution >= 0.6 is 0 Å². The van der Waals surface area contributed by atoms with Crippen molar-refractivity contribution in [3.8, 4) is 16.9 Å². The molecule has 3 aromatic carbocycles. The maximum atomic E-state index is 12.3. The molecular weight excluding hydrogens is 548 g/mol. The summed E-state index contributed by atoms with van der Waals surface area (Å²) in [5, 5.41) is 24.5. The SMILES string of the molecule is CC(C)(C)OC(=O)C1CCNCC1.O=C(N[C@@H](Cc1ccc(O)cc1)C(=O)O)OCC1c2ccccc2-c2ccccc21. The highest BCUT2D eigenvalue weighted by Crippen LogP contribution is 2.44. The second-order valence-corrected chi connectivity index (χ2v) is 11.8. The summed E-state index contributed by atoms with van der Waals surface area (Å²) in [4.78, 5) is 35.5. The minimum Gasteiger partial charge on any atom is -0.508 e. The first kappa shape index (κ1) is 31.6. The zero-order chi connectivity index (χ0) is 31.0. The third-order valence-corrected chi connectivity index (χ3v) is 7.39. The third-order valence-electron chi connectivity index (χ3n) is 7.39. The number of aliphatic carboxylic acids is 1. The second-order valence-electron chi connectivity index (χ2n) is 11.8. The Labute approximate surface area is 252 Å². The summed E-state index contributed by atoms with van der Waals surface area (Å²) < 4.78 is 10.7. The summed E-state index contributed by atoms with van der Waals surface area (Å²) in [5.41, 5.74) is 4.76. The van der Waals surface area contributed by atoms with E-state index in [9.17, 15) is 24.6 Å². The summed E-state index contributed by atoms with van der Waals surface area (Å²) >= 11 is 0. The minimum absolute atomic E-state index is 0.0333. The Hall–Kier alpha value is -4.37. The fourth-order valence-corrected chi connectivity index (χ4v) is 5.29. The number of ether oxygens (including phenoxy) is 2. The lowest BCUT2D eigenvalue weighted by molar-refractivity contribution is -0.160. The quantitative estimate of drug-likeness (QED) is 0.275. The van der Waals surface area contributed by atoms with E-state index in [0.29, 0.717) is 5.56 Å². The molecule has 43 heavy (non-hydrogen) atoms. The average Bonchev–Trinajstić information content (AvgIpc) is 3.30. The van der Waals surface area contributed by atoms with Gasteiger partial charge in [0, 0.05) is 12.3 Å². The summed E-state index contributed by atoms with van der Waals surface area (Å²) in [5.74, 6) is -1.08. The van der Waals surface area contributed by atoms with Crippen molar-refractivity contribution in [3.05, 3.63) is 89.5 Å². The van der Waals surface area contributed by atoms with Crippen LogP contribution in [-0.2, 0) is 25.5 Å². The molecule has 1 atom stereocenters. The van der Waals surface area contributed by atoms with Crippen molar-refractivity contribution in [1.82, 2.24) is 10.6 Å². The molecule has 1 amide bonds. The molecule has 228 valence electrons. The topological polar surface area (TPSA) is 134 Å². The molecule has 0 saturated carbocycles. The number of alkyl carbamates (subject to hydrolysis) is 1. The van der Waals surface area contributed by atoms with Gasteiger partial charge in [-0.1, -0.05) is 60.7 Å². The van der Waals surface area contributed by atoms with Gasteiger partial charge in [0.15, 0.2) is 0 Å². The van der Waals surface area contributed by atoms with E-state index < -0.39 is 18.1 Å². The van der Waals surface area contributed by atoms with Crippen LogP contribution in [0.1, 0.15) is 56.2 Å². The Morgan fingerprint density at radius 3 is 2.00 bits per heavy atom. The van der Waals surface area contributed by atoms with Crippen molar-refractivity contribution in [2.75, 3.05) is 19.7 Å². The van der Waals surface area contributed by atoms with Crippen LogP contribution in [0.5, 0.6) is 5.75 Å². The fourth-order valence-electron chi connectivity index (χ4n) is 5.29. The molecule has 0 aromatic heterocycles. The molecule has 0 bridgehead atoms. The molecule has 4 N–H and O–H groups in total. The normalized spacial score (nSPS) is 15.2. The molecule has 3 aromatic rings. The van der Waals surface area contributed by atoms with Crippen LogP contribution in [0.4, 0.5) is 4.79 Å². The number of benzene rings is 3. The molecule has 1 aliphatic heterocycles. The second kappa shape index (κ2) is 14.2. The minimum atomic E-state index is -1.16. The molecule has 1 aliphatic carbocycles. The summed E-state index contributed by atoms with van der Waals surface area (Å²) in [6, 6.07) is 21.0. The molecule has 5 rings (SSSR count). The van der Waals surface area contributed by atoms with E-state index in [0.717, 1.165) is 48.2 Å². The van der Waals surface area contributed by atoms with E-state index >= 15 is 0 Å². The van der Waals surface area contributed by atoms with Gasteiger partial charge < -0.3 is 30.3 Å². The molecule has 0 spiro atoms.